The minimum absolute atomic E-state index is 0.424. The third-order valence-corrected chi connectivity index (χ3v) is 6.99. The molecule has 0 saturated carbocycles. The van der Waals surface area contributed by atoms with Crippen LogP contribution in [0, 0.1) is 0 Å². The zero-order valence-electron chi connectivity index (χ0n) is 20.8. The van der Waals surface area contributed by atoms with Crippen molar-refractivity contribution in [1.82, 2.24) is 10.3 Å². The van der Waals surface area contributed by atoms with Crippen molar-refractivity contribution >= 4 is 29.6 Å². The van der Waals surface area contributed by atoms with Gasteiger partial charge in [0.25, 0.3) is 0 Å². The van der Waals surface area contributed by atoms with Crippen LogP contribution < -0.4 is 15.1 Å². The van der Waals surface area contributed by atoms with Crippen LogP contribution in [0.3, 0.4) is 0 Å². The van der Waals surface area contributed by atoms with E-state index in [1.54, 1.807) is 24.2 Å². The molecule has 9 heteroatoms. The number of aliphatic imine (C=N–C) groups is 1. The molecule has 2 heterocycles. The van der Waals surface area contributed by atoms with Crippen molar-refractivity contribution in [2.45, 2.75) is 39.8 Å². The number of hydrogen-bond donors (Lipinski definition) is 1. The summed E-state index contributed by atoms with van der Waals surface area (Å²) in [7, 11) is 2.01. The fourth-order valence-electron chi connectivity index (χ4n) is 3.92. The van der Waals surface area contributed by atoms with Crippen molar-refractivity contribution in [1.29, 1.82) is 0 Å². The van der Waals surface area contributed by atoms with Crippen LogP contribution in [0.1, 0.15) is 38.3 Å². The van der Waals surface area contributed by atoms with E-state index in [4.69, 9.17) is 4.98 Å². The van der Waals surface area contributed by atoms with Crippen LogP contribution in [0.2, 0.25) is 0 Å². The zero-order chi connectivity index (χ0) is 25.8. The van der Waals surface area contributed by atoms with Crippen LogP contribution >= 0.6 is 11.8 Å². The molecule has 5 nitrogen and oxygen atoms in total. The number of fused-ring (bicyclic) bond motifs is 1. The summed E-state index contributed by atoms with van der Waals surface area (Å²) in [6.45, 7) is 11.7. The number of nitrogens with one attached hydrogen (secondary N) is 1. The molecule has 0 amide bonds. The highest BCUT2D eigenvalue weighted by Gasteiger charge is 2.31. The summed E-state index contributed by atoms with van der Waals surface area (Å²) in [5.41, 5.74) is 3.20. The van der Waals surface area contributed by atoms with Gasteiger partial charge in [0, 0.05) is 36.3 Å². The van der Waals surface area contributed by atoms with Gasteiger partial charge in [-0.3, -0.25) is 0 Å². The van der Waals surface area contributed by atoms with E-state index in [9.17, 15) is 13.2 Å². The summed E-state index contributed by atoms with van der Waals surface area (Å²) in [4.78, 5) is 14.6. The smallest absolute Gasteiger partial charge is 0.371 e. The van der Waals surface area contributed by atoms with E-state index in [-0.39, 0.29) is 0 Å². The highest BCUT2D eigenvalue weighted by atomic mass is 32.2. The highest BCUT2D eigenvalue weighted by Crippen LogP contribution is 2.39. The molecule has 35 heavy (non-hydrogen) atoms. The quantitative estimate of drug-likeness (QED) is 0.337. The summed E-state index contributed by atoms with van der Waals surface area (Å²) < 4.78 is 40.0. The summed E-state index contributed by atoms with van der Waals surface area (Å²) in [6.07, 6.45) is 0.785. The number of nitrogens with zero attached hydrogens (tertiary/aromatic N) is 4. The lowest BCUT2D eigenvalue weighted by atomic mass is 10.0. The van der Waals surface area contributed by atoms with Gasteiger partial charge < -0.3 is 15.1 Å². The topological polar surface area (TPSA) is 43.8 Å². The van der Waals surface area contributed by atoms with Gasteiger partial charge in [0.1, 0.15) is 5.82 Å². The van der Waals surface area contributed by atoms with E-state index in [0.717, 1.165) is 47.0 Å². The Kier molecular flexibility index (Phi) is 8.53. The SMILES string of the molecule is C=C(N=CN/C(C)=C(/C)SC)N1CCCN(C)c2c(CC)cc(-c3cccc(C(F)(F)F)c3)nc21. The largest absolute Gasteiger partial charge is 0.416 e. The number of benzene rings is 1. The van der Waals surface area contributed by atoms with Gasteiger partial charge in [0.2, 0.25) is 0 Å². The predicted octanol–water partition coefficient (Wildman–Crippen LogP) is 6.68. The van der Waals surface area contributed by atoms with Crippen molar-refractivity contribution in [3.8, 4) is 11.3 Å². The van der Waals surface area contributed by atoms with Crippen LogP contribution in [0.5, 0.6) is 0 Å². The molecule has 0 aliphatic carbocycles. The Morgan fingerprint density at radius 2 is 2.00 bits per heavy atom. The highest BCUT2D eigenvalue weighted by molar-refractivity contribution is 8.02. The van der Waals surface area contributed by atoms with Crippen molar-refractivity contribution in [2.75, 3.05) is 36.2 Å². The molecule has 0 radical (unpaired) electrons. The van der Waals surface area contributed by atoms with Gasteiger partial charge in [-0.1, -0.05) is 25.6 Å². The lowest BCUT2D eigenvalue weighted by molar-refractivity contribution is -0.137. The molecule has 1 N–H and O–H groups in total. The second kappa shape index (κ2) is 11.2. The average molecular weight is 504 g/mol. The Labute approximate surface area is 209 Å². The zero-order valence-corrected chi connectivity index (χ0v) is 21.6. The fraction of sp³-hybridized carbons (Fsp3) is 0.385. The average Bonchev–Trinajstić information content (AvgIpc) is 3.01. The van der Waals surface area contributed by atoms with Crippen LogP contribution in [0.15, 0.2) is 58.3 Å². The standard InChI is InChI=1S/C26H32F3N5S/c1-7-20-15-23(21-10-8-11-22(14-21)26(27,28)29)32-25-24(20)33(5)12-9-13-34(25)19(4)31-16-30-17(2)18(3)35-6/h8,10-11,14-16H,4,7,9,12-13H2,1-3,5-6H3,(H,30,31)/b18-17-. The molecule has 0 bridgehead atoms. The third kappa shape index (κ3) is 6.20. The van der Waals surface area contributed by atoms with Crippen LogP contribution in [-0.2, 0) is 12.6 Å². The minimum Gasteiger partial charge on any atom is -0.371 e. The molecule has 1 aliphatic heterocycles. The lowest BCUT2D eigenvalue weighted by Gasteiger charge is -2.27. The van der Waals surface area contributed by atoms with E-state index in [1.165, 1.54) is 6.07 Å². The Balaban J connectivity index is 2.06. The Morgan fingerprint density at radius 1 is 1.26 bits per heavy atom. The number of anilines is 2. The molecular formula is C26H32F3N5S. The third-order valence-electron chi connectivity index (χ3n) is 6.07. The number of pyridine rings is 1. The molecule has 1 aliphatic rings. The van der Waals surface area contributed by atoms with Crippen molar-refractivity contribution in [3.63, 3.8) is 0 Å². The Bertz CT molecular complexity index is 1140. The molecule has 3 rings (SSSR count). The maximum Gasteiger partial charge on any atom is 0.416 e. The normalized spacial score (nSPS) is 15.1. The van der Waals surface area contributed by atoms with Crippen LogP contribution in [-0.4, -0.2) is 37.7 Å². The van der Waals surface area contributed by atoms with Gasteiger partial charge in [0.15, 0.2) is 5.82 Å². The molecule has 188 valence electrons. The first-order valence-corrected chi connectivity index (χ1v) is 12.7. The molecule has 0 spiro atoms. The first kappa shape index (κ1) is 26.7. The van der Waals surface area contributed by atoms with E-state index < -0.39 is 11.7 Å². The van der Waals surface area contributed by atoms with Crippen LogP contribution in [0.25, 0.3) is 11.3 Å². The number of aromatic nitrogens is 1. The number of thioether (sulfide) groups is 1. The summed E-state index contributed by atoms with van der Waals surface area (Å²) in [5.74, 6) is 1.17. The van der Waals surface area contributed by atoms with E-state index in [2.05, 4.69) is 21.8 Å². The Hall–Kier alpha value is -2.94. The predicted molar refractivity (Wildman–Crippen MR) is 142 cm³/mol. The molecule has 0 atom stereocenters. The monoisotopic (exact) mass is 503 g/mol. The molecule has 0 unspecified atom stereocenters. The lowest BCUT2D eigenvalue weighted by Crippen LogP contribution is -2.24. The Morgan fingerprint density at radius 3 is 2.66 bits per heavy atom. The first-order chi connectivity index (χ1) is 16.6. The summed E-state index contributed by atoms with van der Waals surface area (Å²) in [6, 6.07) is 7.20. The molecule has 1 aromatic carbocycles. The molecule has 0 saturated heterocycles. The summed E-state index contributed by atoms with van der Waals surface area (Å²) in [5, 5.41) is 3.17. The van der Waals surface area contributed by atoms with Gasteiger partial charge in [0.05, 0.1) is 23.3 Å². The number of aryl methyl sites for hydroxylation is 1. The number of rotatable bonds is 7. The second-order valence-electron chi connectivity index (χ2n) is 8.40. The number of halogens is 3. The summed E-state index contributed by atoms with van der Waals surface area (Å²) >= 11 is 1.66. The maximum atomic E-state index is 13.3. The van der Waals surface area contributed by atoms with Crippen molar-refractivity contribution in [3.05, 3.63) is 64.5 Å². The molecule has 0 fully saturated rings. The van der Waals surface area contributed by atoms with Crippen LogP contribution in [0.4, 0.5) is 24.7 Å². The fourth-order valence-corrected chi connectivity index (χ4v) is 4.28. The van der Waals surface area contributed by atoms with E-state index >= 15 is 0 Å². The number of hydrogen-bond acceptors (Lipinski definition) is 5. The maximum absolute atomic E-state index is 13.3. The molecular weight excluding hydrogens is 471 g/mol. The van der Waals surface area contributed by atoms with Gasteiger partial charge >= 0.3 is 6.18 Å². The molecule has 2 aromatic rings. The van der Waals surface area contributed by atoms with Gasteiger partial charge in [-0.05, 0) is 56.7 Å². The second-order valence-corrected chi connectivity index (χ2v) is 9.42. The minimum atomic E-state index is -4.42. The number of alkyl halides is 3. The first-order valence-electron chi connectivity index (χ1n) is 11.5. The molecule has 1 aromatic heterocycles. The van der Waals surface area contributed by atoms with E-state index in [1.807, 2.05) is 45.0 Å². The van der Waals surface area contributed by atoms with Crippen molar-refractivity contribution in [2.24, 2.45) is 4.99 Å². The number of allylic oxidation sites excluding steroid dienone is 2. The van der Waals surface area contributed by atoms with E-state index in [0.29, 0.717) is 35.9 Å². The van der Waals surface area contributed by atoms with Crippen molar-refractivity contribution < 1.29 is 13.2 Å². The van der Waals surface area contributed by atoms with Gasteiger partial charge in [-0.15, -0.1) is 11.8 Å². The van der Waals surface area contributed by atoms with Gasteiger partial charge in [-0.25, -0.2) is 9.98 Å². The van der Waals surface area contributed by atoms with Gasteiger partial charge in [-0.2, -0.15) is 13.2 Å².